The summed E-state index contributed by atoms with van der Waals surface area (Å²) in [6, 6.07) is 15.6. The maximum absolute atomic E-state index is 11.8. The highest BCUT2D eigenvalue weighted by Crippen LogP contribution is 2.12. The number of amides is 1. The van der Waals surface area contributed by atoms with Crippen molar-refractivity contribution in [1.82, 2.24) is 5.32 Å². The molecule has 0 unspecified atom stereocenters. The molecule has 0 bridgehead atoms. The smallest absolute Gasteiger partial charge is 0.220 e. The van der Waals surface area contributed by atoms with Crippen LogP contribution >= 0.6 is 11.6 Å². The first-order valence-corrected chi connectivity index (χ1v) is 8.22. The van der Waals surface area contributed by atoms with E-state index in [1.54, 1.807) is 0 Å². The highest BCUT2D eigenvalue weighted by atomic mass is 35.5. The Morgan fingerprint density at radius 1 is 1.09 bits per heavy atom. The maximum atomic E-state index is 11.8. The summed E-state index contributed by atoms with van der Waals surface area (Å²) in [6.07, 6.45) is 2.00. The number of nitrogens with one attached hydrogen (secondary N) is 1. The normalized spacial score (nSPS) is 10.3. The van der Waals surface area contributed by atoms with E-state index in [-0.39, 0.29) is 5.91 Å². The molecule has 0 saturated heterocycles. The van der Waals surface area contributed by atoms with E-state index in [0.717, 1.165) is 22.8 Å². The predicted octanol–water partition coefficient (Wildman–Crippen LogP) is 4.17. The molecule has 0 aliphatic carbocycles. The minimum Gasteiger partial charge on any atom is -0.494 e. The van der Waals surface area contributed by atoms with Gasteiger partial charge in [-0.05, 0) is 49.6 Å². The lowest BCUT2D eigenvalue weighted by Crippen LogP contribution is -2.25. The number of halogens is 1. The van der Waals surface area contributed by atoms with Crippen molar-refractivity contribution in [3.8, 4) is 5.75 Å². The fourth-order valence-corrected chi connectivity index (χ4v) is 2.27. The molecule has 0 spiro atoms. The van der Waals surface area contributed by atoms with Gasteiger partial charge in [-0.3, -0.25) is 4.79 Å². The average Bonchev–Trinajstić information content (AvgIpc) is 2.55. The first-order chi connectivity index (χ1) is 11.1. The van der Waals surface area contributed by atoms with Crippen LogP contribution in [0, 0.1) is 6.92 Å². The van der Waals surface area contributed by atoms with Crippen molar-refractivity contribution in [2.24, 2.45) is 0 Å². The van der Waals surface area contributed by atoms with Crippen molar-refractivity contribution >= 4 is 17.5 Å². The molecule has 0 radical (unpaired) electrons. The second-order valence-electron chi connectivity index (χ2n) is 5.49. The highest BCUT2D eigenvalue weighted by molar-refractivity contribution is 6.30. The zero-order valence-electron chi connectivity index (χ0n) is 13.3. The Balaban J connectivity index is 1.56. The number of carbonyl (C=O) groups is 1. The highest BCUT2D eigenvalue weighted by Gasteiger charge is 2.02. The molecule has 1 amide bonds. The van der Waals surface area contributed by atoms with Crippen LogP contribution in [0.1, 0.15) is 24.0 Å². The van der Waals surface area contributed by atoms with E-state index >= 15 is 0 Å². The van der Waals surface area contributed by atoms with Gasteiger partial charge in [-0.2, -0.15) is 0 Å². The maximum Gasteiger partial charge on any atom is 0.220 e. The van der Waals surface area contributed by atoms with E-state index in [0.29, 0.717) is 26.0 Å². The summed E-state index contributed by atoms with van der Waals surface area (Å²) in [6.45, 7) is 3.23. The summed E-state index contributed by atoms with van der Waals surface area (Å²) in [7, 11) is 0. The third kappa shape index (κ3) is 6.74. The number of carbonyl (C=O) groups excluding carboxylic acids is 1. The van der Waals surface area contributed by atoms with Gasteiger partial charge < -0.3 is 10.1 Å². The summed E-state index contributed by atoms with van der Waals surface area (Å²) >= 11 is 5.84. The Labute approximate surface area is 142 Å². The first kappa shape index (κ1) is 17.4. The standard InChI is InChI=1S/C19H22ClNO2/c1-15-4-10-18(11-5-15)23-14-2-3-19(22)21-13-12-16-6-8-17(20)9-7-16/h4-11H,2-3,12-14H2,1H3,(H,21,22). The van der Waals surface area contributed by atoms with Crippen molar-refractivity contribution in [2.45, 2.75) is 26.2 Å². The molecule has 122 valence electrons. The zero-order valence-corrected chi connectivity index (χ0v) is 14.1. The van der Waals surface area contributed by atoms with Gasteiger partial charge in [0.05, 0.1) is 6.61 Å². The van der Waals surface area contributed by atoms with Crippen LogP contribution in [0.2, 0.25) is 5.02 Å². The molecule has 3 nitrogen and oxygen atoms in total. The minimum absolute atomic E-state index is 0.0615. The van der Waals surface area contributed by atoms with Gasteiger partial charge in [-0.1, -0.05) is 41.4 Å². The van der Waals surface area contributed by atoms with Gasteiger partial charge in [0.25, 0.3) is 0 Å². The lowest BCUT2D eigenvalue weighted by Gasteiger charge is -2.07. The van der Waals surface area contributed by atoms with Crippen LogP contribution in [0.25, 0.3) is 0 Å². The summed E-state index contributed by atoms with van der Waals surface area (Å²) in [5, 5.41) is 3.65. The molecular formula is C19H22ClNO2. The molecule has 4 heteroatoms. The van der Waals surface area contributed by atoms with Crippen LogP contribution in [-0.2, 0) is 11.2 Å². The van der Waals surface area contributed by atoms with Crippen LogP contribution in [-0.4, -0.2) is 19.1 Å². The van der Waals surface area contributed by atoms with Gasteiger partial charge >= 0.3 is 0 Å². The van der Waals surface area contributed by atoms with E-state index in [1.165, 1.54) is 5.56 Å². The monoisotopic (exact) mass is 331 g/mol. The number of ether oxygens (including phenoxy) is 1. The first-order valence-electron chi connectivity index (χ1n) is 7.84. The summed E-state index contributed by atoms with van der Waals surface area (Å²) in [5.41, 5.74) is 2.37. The predicted molar refractivity (Wildman–Crippen MR) is 94.1 cm³/mol. The molecule has 23 heavy (non-hydrogen) atoms. The van der Waals surface area contributed by atoms with Crippen molar-refractivity contribution < 1.29 is 9.53 Å². The third-order valence-electron chi connectivity index (χ3n) is 3.49. The molecule has 0 aliphatic rings. The zero-order chi connectivity index (χ0) is 16.5. The fourth-order valence-electron chi connectivity index (χ4n) is 2.14. The van der Waals surface area contributed by atoms with Crippen LogP contribution in [0.5, 0.6) is 5.75 Å². The van der Waals surface area contributed by atoms with Crippen molar-refractivity contribution in [3.05, 3.63) is 64.7 Å². The van der Waals surface area contributed by atoms with Crippen molar-refractivity contribution in [2.75, 3.05) is 13.2 Å². The largest absolute Gasteiger partial charge is 0.494 e. The molecule has 0 fully saturated rings. The van der Waals surface area contributed by atoms with E-state index in [2.05, 4.69) is 5.32 Å². The minimum atomic E-state index is 0.0615. The second-order valence-corrected chi connectivity index (χ2v) is 5.93. The van der Waals surface area contributed by atoms with E-state index in [1.807, 2.05) is 55.5 Å². The molecule has 2 aromatic carbocycles. The number of hydrogen-bond donors (Lipinski definition) is 1. The number of benzene rings is 2. The number of hydrogen-bond acceptors (Lipinski definition) is 2. The third-order valence-corrected chi connectivity index (χ3v) is 3.74. The lowest BCUT2D eigenvalue weighted by molar-refractivity contribution is -0.121. The van der Waals surface area contributed by atoms with Crippen molar-refractivity contribution in [3.63, 3.8) is 0 Å². The van der Waals surface area contributed by atoms with Gasteiger partial charge in [-0.25, -0.2) is 0 Å². The fraction of sp³-hybridized carbons (Fsp3) is 0.316. The summed E-state index contributed by atoms with van der Waals surface area (Å²) < 4.78 is 5.60. The van der Waals surface area contributed by atoms with Gasteiger partial charge in [0.1, 0.15) is 5.75 Å². The molecule has 2 rings (SSSR count). The van der Waals surface area contributed by atoms with Crippen LogP contribution in [0.15, 0.2) is 48.5 Å². The average molecular weight is 332 g/mol. The quantitative estimate of drug-likeness (QED) is 0.737. The molecule has 0 aliphatic heterocycles. The molecule has 0 heterocycles. The molecule has 0 aromatic heterocycles. The van der Waals surface area contributed by atoms with Crippen LogP contribution in [0.4, 0.5) is 0 Å². The van der Waals surface area contributed by atoms with Gasteiger partial charge in [-0.15, -0.1) is 0 Å². The second kappa shape index (κ2) is 9.21. The number of rotatable bonds is 8. The van der Waals surface area contributed by atoms with E-state index in [4.69, 9.17) is 16.3 Å². The van der Waals surface area contributed by atoms with E-state index in [9.17, 15) is 4.79 Å². The molecule has 0 saturated carbocycles. The number of aryl methyl sites for hydroxylation is 1. The Kier molecular flexibility index (Phi) is 6.95. The molecule has 1 N–H and O–H groups in total. The van der Waals surface area contributed by atoms with Gasteiger partial charge in [0.2, 0.25) is 5.91 Å². The van der Waals surface area contributed by atoms with Gasteiger partial charge in [0.15, 0.2) is 0 Å². The van der Waals surface area contributed by atoms with Crippen LogP contribution < -0.4 is 10.1 Å². The summed E-state index contributed by atoms with van der Waals surface area (Å²) in [5.74, 6) is 0.908. The Bertz CT molecular complexity index is 608. The Morgan fingerprint density at radius 2 is 1.78 bits per heavy atom. The Hall–Kier alpha value is -2.00. The molecular weight excluding hydrogens is 310 g/mol. The molecule has 0 atom stereocenters. The SMILES string of the molecule is Cc1ccc(OCCCC(=O)NCCc2ccc(Cl)cc2)cc1. The topological polar surface area (TPSA) is 38.3 Å². The van der Waals surface area contributed by atoms with Crippen molar-refractivity contribution in [1.29, 1.82) is 0 Å². The lowest BCUT2D eigenvalue weighted by atomic mass is 10.1. The van der Waals surface area contributed by atoms with Gasteiger partial charge in [0, 0.05) is 18.0 Å². The Morgan fingerprint density at radius 3 is 2.48 bits per heavy atom. The van der Waals surface area contributed by atoms with E-state index < -0.39 is 0 Å². The molecule has 2 aromatic rings. The van der Waals surface area contributed by atoms with Crippen LogP contribution in [0.3, 0.4) is 0 Å². The summed E-state index contributed by atoms with van der Waals surface area (Å²) in [4.78, 5) is 11.8.